The van der Waals surface area contributed by atoms with Gasteiger partial charge in [0.05, 0.1) is 17.2 Å². The maximum atomic E-state index is 13.3. The molecule has 2 amide bonds. The van der Waals surface area contributed by atoms with Crippen LogP contribution in [0.2, 0.25) is 5.15 Å². The first-order valence-corrected chi connectivity index (χ1v) is 9.91. The number of carbonyl (C=O) groups excluding carboxylic acids is 2. The number of esters is 1. The van der Waals surface area contributed by atoms with E-state index in [2.05, 4.69) is 15.6 Å². The van der Waals surface area contributed by atoms with Gasteiger partial charge >= 0.3 is 12.0 Å². The van der Waals surface area contributed by atoms with E-state index in [9.17, 15) is 14.4 Å². The van der Waals surface area contributed by atoms with Gasteiger partial charge in [-0.2, -0.15) is 0 Å². The van der Waals surface area contributed by atoms with E-state index < -0.39 is 23.6 Å². The molecule has 0 fully saturated rings. The molecule has 0 saturated carbocycles. The number of aromatic nitrogens is 2. The molecule has 2 aromatic heterocycles. The van der Waals surface area contributed by atoms with Crippen molar-refractivity contribution in [1.82, 2.24) is 20.0 Å². The average Bonchev–Trinajstić information content (AvgIpc) is 2.73. The second-order valence-electron chi connectivity index (χ2n) is 7.14. The number of carbonyl (C=O) groups is 2. The molecule has 3 aromatic rings. The summed E-state index contributed by atoms with van der Waals surface area (Å²) in [5.41, 5.74) is 1.84. The van der Waals surface area contributed by atoms with Crippen molar-refractivity contribution in [2.45, 2.75) is 26.5 Å². The van der Waals surface area contributed by atoms with Gasteiger partial charge in [0.15, 0.2) is 0 Å². The maximum Gasteiger partial charge on any atom is 0.338 e. The molecule has 4 rings (SSSR count). The fourth-order valence-corrected chi connectivity index (χ4v) is 3.78. The first-order valence-electron chi connectivity index (χ1n) is 9.53. The Morgan fingerprint density at radius 3 is 2.65 bits per heavy atom. The van der Waals surface area contributed by atoms with Crippen LogP contribution in [0.4, 0.5) is 4.79 Å². The third-order valence-electron chi connectivity index (χ3n) is 5.03. The number of benzene rings is 1. The molecule has 9 heteroatoms. The number of ether oxygens (including phenoxy) is 1. The second-order valence-corrected chi connectivity index (χ2v) is 7.50. The Kier molecular flexibility index (Phi) is 5.48. The Morgan fingerprint density at radius 1 is 1.16 bits per heavy atom. The second kappa shape index (κ2) is 8.23. The summed E-state index contributed by atoms with van der Waals surface area (Å²) in [5.74, 6) is -0.677. The Morgan fingerprint density at radius 2 is 1.90 bits per heavy atom. The molecule has 0 unspecified atom stereocenters. The lowest BCUT2D eigenvalue weighted by Gasteiger charge is -2.28. The number of hydrogen-bond acceptors (Lipinski definition) is 5. The third-order valence-corrected chi connectivity index (χ3v) is 5.32. The lowest BCUT2D eigenvalue weighted by atomic mass is 9.97. The minimum Gasteiger partial charge on any atom is -0.457 e. The van der Waals surface area contributed by atoms with E-state index >= 15 is 0 Å². The van der Waals surface area contributed by atoms with Crippen LogP contribution in [-0.4, -0.2) is 21.4 Å². The standard InChI is InChI=1S/C22H19ClN4O4/c1-12-7-6-10-27-19(12)26-18(23)16(20(27)28)17-15(13(2)24-22(30)25-17)21(29)31-11-14-8-4-3-5-9-14/h3-10,17H,11H2,1-2H3,(H2,24,25,30)/t17-/m1/s1. The number of hydrogen-bond donors (Lipinski definition) is 2. The van der Waals surface area contributed by atoms with Crippen LogP contribution >= 0.6 is 11.6 Å². The van der Waals surface area contributed by atoms with E-state index in [4.69, 9.17) is 16.3 Å². The number of halogens is 1. The molecular weight excluding hydrogens is 420 g/mol. The fourth-order valence-electron chi connectivity index (χ4n) is 3.51. The van der Waals surface area contributed by atoms with Crippen LogP contribution in [0.5, 0.6) is 0 Å². The van der Waals surface area contributed by atoms with Crippen molar-refractivity contribution in [3.05, 3.63) is 92.1 Å². The molecule has 0 saturated heterocycles. The normalized spacial score (nSPS) is 16.1. The summed E-state index contributed by atoms with van der Waals surface area (Å²) in [6.45, 7) is 3.41. The zero-order valence-corrected chi connectivity index (χ0v) is 17.6. The van der Waals surface area contributed by atoms with Crippen LogP contribution in [0.25, 0.3) is 5.65 Å². The SMILES string of the molecule is CC1=C(C(=O)OCc2ccccc2)[C@H](c2c(Cl)nc3c(C)cccn3c2=O)NC(=O)N1. The van der Waals surface area contributed by atoms with Crippen LogP contribution in [0, 0.1) is 6.92 Å². The van der Waals surface area contributed by atoms with Crippen LogP contribution in [-0.2, 0) is 16.1 Å². The van der Waals surface area contributed by atoms with Gasteiger partial charge in [0.1, 0.15) is 17.4 Å². The van der Waals surface area contributed by atoms with E-state index in [-0.39, 0.29) is 28.6 Å². The highest BCUT2D eigenvalue weighted by Gasteiger charge is 2.36. The van der Waals surface area contributed by atoms with E-state index in [1.807, 2.05) is 30.3 Å². The van der Waals surface area contributed by atoms with Crippen molar-refractivity contribution in [2.24, 2.45) is 0 Å². The first kappa shape index (κ1) is 20.6. The number of aryl methyl sites for hydroxylation is 1. The van der Waals surface area contributed by atoms with Crippen LogP contribution in [0.3, 0.4) is 0 Å². The minimum absolute atomic E-state index is 0.00868. The Bertz CT molecular complexity index is 1280. The van der Waals surface area contributed by atoms with Crippen LogP contribution in [0.1, 0.15) is 29.7 Å². The zero-order chi connectivity index (χ0) is 22.1. The Hall–Kier alpha value is -3.65. The van der Waals surface area contributed by atoms with Gasteiger partial charge in [0, 0.05) is 11.9 Å². The van der Waals surface area contributed by atoms with Crippen molar-refractivity contribution in [3.8, 4) is 0 Å². The maximum absolute atomic E-state index is 13.3. The number of amides is 2. The van der Waals surface area contributed by atoms with Crippen LogP contribution < -0.4 is 16.2 Å². The highest BCUT2D eigenvalue weighted by atomic mass is 35.5. The number of urea groups is 1. The number of nitrogens with one attached hydrogen (secondary N) is 2. The van der Waals surface area contributed by atoms with Gasteiger partial charge in [0.25, 0.3) is 5.56 Å². The Balaban J connectivity index is 1.77. The molecule has 0 bridgehead atoms. The van der Waals surface area contributed by atoms with Gasteiger partial charge in [-0.1, -0.05) is 48.0 Å². The smallest absolute Gasteiger partial charge is 0.338 e. The van der Waals surface area contributed by atoms with E-state index in [0.717, 1.165) is 11.1 Å². The monoisotopic (exact) mass is 438 g/mol. The van der Waals surface area contributed by atoms with E-state index in [1.54, 1.807) is 32.2 Å². The van der Waals surface area contributed by atoms with Gasteiger partial charge < -0.3 is 15.4 Å². The predicted octanol–water partition coefficient (Wildman–Crippen LogP) is 3.03. The Labute approximate surface area is 182 Å². The quantitative estimate of drug-likeness (QED) is 0.481. The average molecular weight is 439 g/mol. The minimum atomic E-state index is -1.11. The number of fused-ring (bicyclic) bond motifs is 1. The summed E-state index contributed by atoms with van der Waals surface area (Å²) in [6, 6.07) is 11.0. The number of allylic oxidation sites excluding steroid dienone is 1. The van der Waals surface area contributed by atoms with Crippen LogP contribution in [0.15, 0.2) is 64.7 Å². The van der Waals surface area contributed by atoms with Crippen molar-refractivity contribution < 1.29 is 14.3 Å². The molecule has 1 atom stereocenters. The lowest BCUT2D eigenvalue weighted by Crippen LogP contribution is -2.47. The first-order chi connectivity index (χ1) is 14.9. The van der Waals surface area contributed by atoms with E-state index in [0.29, 0.717) is 5.65 Å². The summed E-state index contributed by atoms with van der Waals surface area (Å²) in [6.07, 6.45) is 1.56. The molecular formula is C22H19ClN4O4. The van der Waals surface area contributed by atoms with Gasteiger partial charge in [0.2, 0.25) is 0 Å². The largest absolute Gasteiger partial charge is 0.457 e. The molecule has 8 nitrogen and oxygen atoms in total. The van der Waals surface area contributed by atoms with Crippen molar-refractivity contribution >= 4 is 29.2 Å². The molecule has 31 heavy (non-hydrogen) atoms. The molecule has 158 valence electrons. The highest BCUT2D eigenvalue weighted by molar-refractivity contribution is 6.30. The van der Waals surface area contributed by atoms with E-state index in [1.165, 1.54) is 4.40 Å². The highest BCUT2D eigenvalue weighted by Crippen LogP contribution is 2.30. The van der Waals surface area contributed by atoms with Gasteiger partial charge in [-0.25, -0.2) is 14.6 Å². The number of pyridine rings is 1. The number of rotatable bonds is 4. The van der Waals surface area contributed by atoms with Gasteiger partial charge in [-0.05, 0) is 31.0 Å². The molecule has 3 heterocycles. The van der Waals surface area contributed by atoms with Crippen molar-refractivity contribution in [1.29, 1.82) is 0 Å². The molecule has 1 aliphatic heterocycles. The molecule has 0 spiro atoms. The molecule has 2 N–H and O–H groups in total. The van der Waals surface area contributed by atoms with Gasteiger partial charge in [-0.15, -0.1) is 0 Å². The molecule has 0 aliphatic carbocycles. The predicted molar refractivity (Wildman–Crippen MR) is 115 cm³/mol. The lowest BCUT2D eigenvalue weighted by molar-refractivity contribution is -0.140. The van der Waals surface area contributed by atoms with Crippen molar-refractivity contribution in [2.75, 3.05) is 0 Å². The summed E-state index contributed by atoms with van der Waals surface area (Å²) < 4.78 is 6.79. The topological polar surface area (TPSA) is 102 Å². The van der Waals surface area contributed by atoms with Gasteiger partial charge in [-0.3, -0.25) is 9.20 Å². The number of nitrogens with zero attached hydrogens (tertiary/aromatic N) is 2. The zero-order valence-electron chi connectivity index (χ0n) is 16.8. The molecule has 1 aromatic carbocycles. The molecule has 1 aliphatic rings. The summed E-state index contributed by atoms with van der Waals surface area (Å²) in [5, 5.41) is 5.07. The summed E-state index contributed by atoms with van der Waals surface area (Å²) in [4.78, 5) is 42.7. The molecule has 0 radical (unpaired) electrons. The third kappa shape index (κ3) is 3.89. The summed E-state index contributed by atoms with van der Waals surface area (Å²) in [7, 11) is 0. The van der Waals surface area contributed by atoms with Crippen molar-refractivity contribution in [3.63, 3.8) is 0 Å². The summed E-state index contributed by atoms with van der Waals surface area (Å²) >= 11 is 6.38. The fraction of sp³-hybridized carbons (Fsp3) is 0.182.